The molecule has 0 saturated carbocycles. The number of nitrogens with zero attached hydrogens (tertiary/aromatic N) is 2. The van der Waals surface area contributed by atoms with Crippen molar-refractivity contribution in [2.45, 2.75) is 31.4 Å². The Bertz CT molecular complexity index is 636. The minimum atomic E-state index is -0.948. The van der Waals surface area contributed by atoms with E-state index in [0.29, 0.717) is 6.54 Å². The summed E-state index contributed by atoms with van der Waals surface area (Å²) in [4.78, 5) is 0. The zero-order valence-electron chi connectivity index (χ0n) is 13.1. The van der Waals surface area contributed by atoms with Gasteiger partial charge in [0.15, 0.2) is 0 Å². The van der Waals surface area contributed by atoms with Gasteiger partial charge >= 0.3 is 0 Å². The van der Waals surface area contributed by atoms with E-state index in [2.05, 4.69) is 16.5 Å². The van der Waals surface area contributed by atoms with E-state index >= 15 is 0 Å². The molecule has 0 amide bonds. The Balaban J connectivity index is 1.73. The Labute approximate surface area is 130 Å². The fourth-order valence-corrected chi connectivity index (χ4v) is 2.86. The molecule has 5 nitrogen and oxygen atoms in total. The number of aliphatic hydroxyl groups is 1. The lowest BCUT2D eigenvalue weighted by Gasteiger charge is -2.26. The molecule has 2 unspecified atom stereocenters. The summed E-state index contributed by atoms with van der Waals surface area (Å²) in [5.41, 5.74) is 1.04. The molecule has 0 saturated heterocycles. The summed E-state index contributed by atoms with van der Waals surface area (Å²) in [5.74, 6) is 0.943. The minimum Gasteiger partial charge on any atom is -0.493 e. The van der Waals surface area contributed by atoms with E-state index in [1.165, 1.54) is 5.56 Å². The summed E-state index contributed by atoms with van der Waals surface area (Å²) in [6.07, 6.45) is 5.57. The van der Waals surface area contributed by atoms with Crippen molar-refractivity contribution in [2.24, 2.45) is 7.05 Å². The SMILES string of the molecule is Cn1cc(C(C)(O)CNC2CCCOc3ccccc32)cn1. The van der Waals surface area contributed by atoms with Crippen molar-refractivity contribution >= 4 is 0 Å². The van der Waals surface area contributed by atoms with Crippen molar-refractivity contribution in [1.29, 1.82) is 0 Å². The molecule has 118 valence electrons. The smallest absolute Gasteiger partial charge is 0.124 e. The highest BCUT2D eigenvalue weighted by atomic mass is 16.5. The highest BCUT2D eigenvalue weighted by Gasteiger charge is 2.27. The molecule has 2 heterocycles. The van der Waals surface area contributed by atoms with E-state index in [9.17, 15) is 5.11 Å². The van der Waals surface area contributed by atoms with Gasteiger partial charge in [-0.3, -0.25) is 4.68 Å². The summed E-state index contributed by atoms with van der Waals surface area (Å²) in [7, 11) is 1.85. The highest BCUT2D eigenvalue weighted by Crippen LogP contribution is 2.32. The van der Waals surface area contributed by atoms with Gasteiger partial charge in [0.25, 0.3) is 0 Å². The zero-order chi connectivity index (χ0) is 15.6. The molecule has 1 aromatic carbocycles. The number of aryl methyl sites for hydroxylation is 1. The maximum Gasteiger partial charge on any atom is 0.124 e. The first-order valence-corrected chi connectivity index (χ1v) is 7.73. The van der Waals surface area contributed by atoms with Crippen molar-refractivity contribution in [2.75, 3.05) is 13.2 Å². The molecule has 2 atom stereocenters. The van der Waals surface area contributed by atoms with Crippen LogP contribution in [0.3, 0.4) is 0 Å². The number of hydrogen-bond acceptors (Lipinski definition) is 4. The number of fused-ring (bicyclic) bond motifs is 1. The molecule has 1 aliphatic rings. The molecule has 1 aliphatic heterocycles. The van der Waals surface area contributed by atoms with E-state index in [-0.39, 0.29) is 6.04 Å². The van der Waals surface area contributed by atoms with Gasteiger partial charge < -0.3 is 15.2 Å². The lowest BCUT2D eigenvalue weighted by molar-refractivity contribution is 0.0533. The second kappa shape index (κ2) is 6.10. The lowest BCUT2D eigenvalue weighted by atomic mass is 9.97. The van der Waals surface area contributed by atoms with Crippen molar-refractivity contribution in [1.82, 2.24) is 15.1 Å². The van der Waals surface area contributed by atoms with Gasteiger partial charge in [0, 0.05) is 37.0 Å². The van der Waals surface area contributed by atoms with Crippen LogP contribution >= 0.6 is 0 Å². The third-order valence-electron chi connectivity index (χ3n) is 4.21. The maximum atomic E-state index is 10.7. The van der Waals surface area contributed by atoms with Crippen LogP contribution in [0.1, 0.15) is 36.9 Å². The first-order valence-electron chi connectivity index (χ1n) is 7.73. The predicted molar refractivity (Wildman–Crippen MR) is 84.7 cm³/mol. The Hall–Kier alpha value is -1.85. The van der Waals surface area contributed by atoms with E-state index in [1.807, 2.05) is 38.4 Å². The van der Waals surface area contributed by atoms with E-state index in [4.69, 9.17) is 4.74 Å². The summed E-state index contributed by atoms with van der Waals surface area (Å²) < 4.78 is 7.49. The molecule has 22 heavy (non-hydrogen) atoms. The molecule has 5 heteroatoms. The number of benzene rings is 1. The fourth-order valence-electron chi connectivity index (χ4n) is 2.86. The highest BCUT2D eigenvalue weighted by molar-refractivity contribution is 5.36. The molecule has 0 aliphatic carbocycles. The van der Waals surface area contributed by atoms with Crippen LogP contribution in [-0.2, 0) is 12.6 Å². The fraction of sp³-hybridized carbons (Fsp3) is 0.471. The molecular weight excluding hydrogens is 278 g/mol. The number of nitrogens with one attached hydrogen (secondary N) is 1. The molecule has 0 radical (unpaired) electrons. The van der Waals surface area contributed by atoms with Crippen LogP contribution in [0.25, 0.3) is 0 Å². The standard InChI is InChI=1S/C17H23N3O2/c1-17(21,13-10-19-20(2)11-13)12-18-15-7-5-9-22-16-8-4-3-6-14(15)16/h3-4,6,8,10-11,15,18,21H,5,7,9,12H2,1-2H3. The van der Waals surface area contributed by atoms with Crippen LogP contribution in [0.5, 0.6) is 5.75 Å². The first-order chi connectivity index (χ1) is 10.6. The van der Waals surface area contributed by atoms with Gasteiger partial charge in [0.05, 0.1) is 12.8 Å². The zero-order valence-corrected chi connectivity index (χ0v) is 13.1. The van der Waals surface area contributed by atoms with Crippen LogP contribution < -0.4 is 10.1 Å². The summed E-state index contributed by atoms with van der Waals surface area (Å²) in [6, 6.07) is 8.32. The summed E-state index contributed by atoms with van der Waals surface area (Å²) >= 11 is 0. The lowest BCUT2D eigenvalue weighted by Crippen LogP contribution is -2.37. The third kappa shape index (κ3) is 3.15. The monoisotopic (exact) mass is 301 g/mol. The summed E-state index contributed by atoms with van der Waals surface area (Å²) in [5, 5.41) is 18.3. The van der Waals surface area contributed by atoms with Gasteiger partial charge in [-0.15, -0.1) is 0 Å². The molecule has 0 fully saturated rings. The molecular formula is C17H23N3O2. The van der Waals surface area contributed by atoms with Crippen LogP contribution in [-0.4, -0.2) is 28.0 Å². The van der Waals surface area contributed by atoms with Gasteiger partial charge in [0.2, 0.25) is 0 Å². The Morgan fingerprint density at radius 2 is 2.27 bits per heavy atom. The molecule has 0 bridgehead atoms. The van der Waals surface area contributed by atoms with Gasteiger partial charge in [-0.1, -0.05) is 18.2 Å². The number of aromatic nitrogens is 2. The number of hydrogen-bond donors (Lipinski definition) is 2. The Kier molecular flexibility index (Phi) is 4.18. The van der Waals surface area contributed by atoms with E-state index in [0.717, 1.165) is 30.8 Å². The van der Waals surface area contributed by atoms with E-state index < -0.39 is 5.60 Å². The predicted octanol–water partition coefficient (Wildman–Crippen LogP) is 2.13. The number of ether oxygens (including phenoxy) is 1. The van der Waals surface area contributed by atoms with Crippen molar-refractivity contribution in [3.8, 4) is 5.75 Å². The average Bonchev–Trinajstić information content (AvgIpc) is 2.84. The Morgan fingerprint density at radius 3 is 3.05 bits per heavy atom. The van der Waals surface area contributed by atoms with Gasteiger partial charge in [-0.25, -0.2) is 0 Å². The molecule has 0 spiro atoms. The van der Waals surface area contributed by atoms with Gasteiger partial charge in [-0.05, 0) is 25.8 Å². The largest absolute Gasteiger partial charge is 0.493 e. The van der Waals surface area contributed by atoms with Crippen molar-refractivity contribution in [3.63, 3.8) is 0 Å². The quantitative estimate of drug-likeness (QED) is 0.908. The third-order valence-corrected chi connectivity index (χ3v) is 4.21. The molecule has 3 rings (SSSR count). The van der Waals surface area contributed by atoms with E-state index in [1.54, 1.807) is 10.9 Å². The van der Waals surface area contributed by atoms with Crippen LogP contribution in [0.2, 0.25) is 0 Å². The van der Waals surface area contributed by atoms with Gasteiger partial charge in [-0.2, -0.15) is 5.10 Å². The topological polar surface area (TPSA) is 59.3 Å². The van der Waals surface area contributed by atoms with Crippen LogP contribution in [0.15, 0.2) is 36.7 Å². The van der Waals surface area contributed by atoms with Crippen LogP contribution in [0.4, 0.5) is 0 Å². The maximum absolute atomic E-state index is 10.7. The normalized spacial score (nSPS) is 20.6. The van der Waals surface area contributed by atoms with Crippen molar-refractivity contribution < 1.29 is 9.84 Å². The van der Waals surface area contributed by atoms with Crippen molar-refractivity contribution in [3.05, 3.63) is 47.8 Å². The second-order valence-electron chi connectivity index (χ2n) is 6.14. The molecule has 2 N–H and O–H groups in total. The molecule has 1 aromatic heterocycles. The van der Waals surface area contributed by atoms with Crippen LogP contribution in [0, 0.1) is 0 Å². The minimum absolute atomic E-state index is 0.196. The second-order valence-corrected chi connectivity index (χ2v) is 6.14. The number of rotatable bonds is 4. The first kappa shape index (κ1) is 15.1. The Morgan fingerprint density at radius 1 is 1.45 bits per heavy atom. The molecule has 2 aromatic rings. The van der Waals surface area contributed by atoms with Gasteiger partial charge in [0.1, 0.15) is 11.4 Å². The number of para-hydroxylation sites is 1. The average molecular weight is 301 g/mol. The summed E-state index contributed by atoms with van der Waals surface area (Å²) in [6.45, 7) is 3.03.